The van der Waals surface area contributed by atoms with Gasteiger partial charge in [0, 0.05) is 32.6 Å². The number of amides is 1. The van der Waals surface area contributed by atoms with Crippen LogP contribution in [0.4, 0.5) is 0 Å². The Morgan fingerprint density at radius 2 is 2.12 bits per heavy atom. The van der Waals surface area contributed by atoms with Gasteiger partial charge in [0.15, 0.2) is 0 Å². The molecule has 2 fully saturated rings. The number of carbonyl (C=O) groups is 1. The highest BCUT2D eigenvalue weighted by Gasteiger charge is 2.38. The topological polar surface area (TPSA) is 65.2 Å². The van der Waals surface area contributed by atoms with Gasteiger partial charge in [-0.25, -0.2) is 0 Å². The fourth-order valence-corrected chi connectivity index (χ4v) is 3.74. The largest absolute Gasteiger partial charge is 0.376 e. The Balaban J connectivity index is 1.46. The Kier molecular flexibility index (Phi) is 5.00. The summed E-state index contributed by atoms with van der Waals surface area (Å²) in [6, 6.07) is 0.0384. The Hall–Kier alpha value is -1.86. The number of ether oxygens (including phenoxy) is 1. The van der Waals surface area contributed by atoms with E-state index in [4.69, 9.17) is 16.3 Å². The van der Waals surface area contributed by atoms with Crippen molar-refractivity contribution in [1.82, 2.24) is 24.5 Å². The van der Waals surface area contributed by atoms with E-state index >= 15 is 0 Å². The summed E-state index contributed by atoms with van der Waals surface area (Å²) in [6.07, 6.45) is 11.4. The van der Waals surface area contributed by atoms with Gasteiger partial charge in [0.25, 0.3) is 0 Å². The SMILES string of the molecule is Cn1cc(C[C@H]2[C@H](OCC3CC3)CCN2C(=O)Cn2cc(Cl)cn2)cn1. The molecule has 0 unspecified atom stereocenters. The average Bonchev–Trinajstić information content (AvgIpc) is 2.99. The van der Waals surface area contributed by atoms with Crippen molar-refractivity contribution >= 4 is 17.5 Å². The number of aryl methyl sites for hydroxylation is 1. The van der Waals surface area contributed by atoms with E-state index in [-0.39, 0.29) is 24.6 Å². The Labute approximate surface area is 157 Å². The maximum absolute atomic E-state index is 12.9. The van der Waals surface area contributed by atoms with Crippen molar-refractivity contribution < 1.29 is 9.53 Å². The van der Waals surface area contributed by atoms with Crippen LogP contribution < -0.4 is 0 Å². The highest BCUT2D eigenvalue weighted by Crippen LogP contribution is 2.32. The van der Waals surface area contributed by atoms with E-state index in [0.29, 0.717) is 17.5 Å². The van der Waals surface area contributed by atoms with Crippen LogP contribution in [0.1, 0.15) is 24.8 Å². The summed E-state index contributed by atoms with van der Waals surface area (Å²) < 4.78 is 9.57. The van der Waals surface area contributed by atoms with Gasteiger partial charge in [0.05, 0.1) is 29.6 Å². The van der Waals surface area contributed by atoms with E-state index in [1.165, 1.54) is 12.8 Å². The summed E-state index contributed by atoms with van der Waals surface area (Å²) in [5, 5.41) is 8.91. The van der Waals surface area contributed by atoms with E-state index in [2.05, 4.69) is 10.2 Å². The molecule has 7 nitrogen and oxygen atoms in total. The molecule has 0 bridgehead atoms. The number of nitrogens with zero attached hydrogens (tertiary/aromatic N) is 5. The molecule has 1 aliphatic heterocycles. The molecule has 2 aliphatic rings. The monoisotopic (exact) mass is 377 g/mol. The van der Waals surface area contributed by atoms with Crippen molar-refractivity contribution in [1.29, 1.82) is 0 Å². The first-order valence-corrected chi connectivity index (χ1v) is 9.53. The van der Waals surface area contributed by atoms with Crippen LogP contribution in [0.3, 0.4) is 0 Å². The zero-order valence-electron chi connectivity index (χ0n) is 14.9. The lowest BCUT2D eigenvalue weighted by molar-refractivity contribution is -0.134. The lowest BCUT2D eigenvalue weighted by Gasteiger charge is -2.28. The molecule has 1 amide bonds. The van der Waals surface area contributed by atoms with Gasteiger partial charge in [-0.3, -0.25) is 14.2 Å². The lowest BCUT2D eigenvalue weighted by Crippen LogP contribution is -2.43. The molecule has 3 heterocycles. The smallest absolute Gasteiger partial charge is 0.244 e. The van der Waals surface area contributed by atoms with Gasteiger partial charge in [-0.1, -0.05) is 11.6 Å². The van der Waals surface area contributed by atoms with Gasteiger partial charge in [0.2, 0.25) is 5.91 Å². The molecule has 26 heavy (non-hydrogen) atoms. The Morgan fingerprint density at radius 1 is 1.27 bits per heavy atom. The molecule has 0 N–H and O–H groups in total. The number of carbonyl (C=O) groups excluding carboxylic acids is 1. The predicted octanol–water partition coefficient (Wildman–Crippen LogP) is 1.91. The lowest BCUT2D eigenvalue weighted by atomic mass is 10.0. The molecule has 4 rings (SSSR count). The summed E-state index contributed by atoms with van der Waals surface area (Å²) in [7, 11) is 1.91. The van der Waals surface area contributed by atoms with Gasteiger partial charge >= 0.3 is 0 Å². The van der Waals surface area contributed by atoms with E-state index in [0.717, 1.165) is 25.0 Å². The maximum atomic E-state index is 12.9. The van der Waals surface area contributed by atoms with Crippen molar-refractivity contribution in [2.45, 2.75) is 44.4 Å². The molecule has 140 valence electrons. The van der Waals surface area contributed by atoms with Crippen molar-refractivity contribution in [2.24, 2.45) is 13.0 Å². The summed E-state index contributed by atoms with van der Waals surface area (Å²) in [4.78, 5) is 14.8. The zero-order valence-corrected chi connectivity index (χ0v) is 15.7. The first-order chi connectivity index (χ1) is 12.6. The molecule has 1 saturated heterocycles. The average molecular weight is 378 g/mol. The predicted molar refractivity (Wildman–Crippen MR) is 96.7 cm³/mol. The third kappa shape index (κ3) is 4.10. The minimum atomic E-state index is 0.0384. The van der Waals surface area contributed by atoms with Crippen LogP contribution in [0.15, 0.2) is 24.8 Å². The van der Waals surface area contributed by atoms with Crippen LogP contribution >= 0.6 is 11.6 Å². The number of rotatable bonds is 7. The molecular formula is C18H24ClN5O2. The third-order valence-corrected chi connectivity index (χ3v) is 5.34. The van der Waals surface area contributed by atoms with Crippen molar-refractivity contribution in [3.05, 3.63) is 35.4 Å². The van der Waals surface area contributed by atoms with Crippen LogP contribution in [0, 0.1) is 5.92 Å². The normalized spacial score (nSPS) is 22.9. The molecular weight excluding hydrogens is 354 g/mol. The van der Waals surface area contributed by atoms with E-state index in [1.807, 2.05) is 24.3 Å². The highest BCUT2D eigenvalue weighted by atomic mass is 35.5. The fourth-order valence-electron chi connectivity index (χ4n) is 3.59. The second kappa shape index (κ2) is 7.40. The van der Waals surface area contributed by atoms with Crippen molar-refractivity contribution in [3.8, 4) is 0 Å². The minimum Gasteiger partial charge on any atom is -0.376 e. The van der Waals surface area contributed by atoms with E-state index < -0.39 is 0 Å². The maximum Gasteiger partial charge on any atom is 0.244 e. The summed E-state index contributed by atoms with van der Waals surface area (Å²) in [5.41, 5.74) is 1.12. The van der Waals surface area contributed by atoms with E-state index in [9.17, 15) is 4.79 Å². The highest BCUT2D eigenvalue weighted by molar-refractivity contribution is 6.30. The summed E-state index contributed by atoms with van der Waals surface area (Å²) >= 11 is 5.90. The number of aromatic nitrogens is 4. The van der Waals surface area contributed by atoms with Gasteiger partial charge in [0.1, 0.15) is 6.54 Å². The molecule has 2 aromatic heterocycles. The summed E-state index contributed by atoms with van der Waals surface area (Å²) in [6.45, 7) is 1.73. The number of hydrogen-bond donors (Lipinski definition) is 0. The summed E-state index contributed by atoms with van der Waals surface area (Å²) in [5.74, 6) is 0.765. The molecule has 2 aromatic rings. The van der Waals surface area contributed by atoms with Crippen LogP contribution in [-0.2, 0) is 29.5 Å². The number of halogens is 1. The minimum absolute atomic E-state index is 0.0384. The number of likely N-dealkylation sites (tertiary alicyclic amines) is 1. The second-order valence-electron chi connectivity index (χ2n) is 7.34. The Morgan fingerprint density at radius 3 is 2.77 bits per heavy atom. The van der Waals surface area contributed by atoms with Crippen LogP contribution in [0.5, 0.6) is 0 Å². The molecule has 8 heteroatoms. The first kappa shape index (κ1) is 17.5. The van der Waals surface area contributed by atoms with Crippen molar-refractivity contribution in [3.63, 3.8) is 0 Å². The molecule has 1 saturated carbocycles. The quantitative estimate of drug-likeness (QED) is 0.739. The molecule has 2 atom stereocenters. The van der Waals surface area contributed by atoms with Gasteiger partial charge < -0.3 is 9.64 Å². The molecule has 0 aromatic carbocycles. The van der Waals surface area contributed by atoms with E-state index in [1.54, 1.807) is 21.8 Å². The number of hydrogen-bond acceptors (Lipinski definition) is 4. The van der Waals surface area contributed by atoms with Gasteiger partial charge in [-0.15, -0.1) is 0 Å². The fraction of sp³-hybridized carbons (Fsp3) is 0.611. The first-order valence-electron chi connectivity index (χ1n) is 9.15. The standard InChI is InChI=1S/C18H24ClN5O2/c1-22-9-14(7-20-22)6-16-17(26-12-13-2-3-13)4-5-24(16)18(25)11-23-10-15(19)8-21-23/h7-10,13,16-17H,2-6,11-12H2,1H3/t16-,17+/m0/s1. The van der Waals surface area contributed by atoms with Crippen molar-refractivity contribution in [2.75, 3.05) is 13.2 Å². The molecule has 0 spiro atoms. The zero-order chi connectivity index (χ0) is 18.1. The van der Waals surface area contributed by atoms with Crippen LogP contribution in [-0.4, -0.2) is 55.7 Å². The van der Waals surface area contributed by atoms with Crippen LogP contribution in [0.2, 0.25) is 5.02 Å². The Bertz CT molecular complexity index is 769. The van der Waals surface area contributed by atoms with Gasteiger partial charge in [-0.05, 0) is 37.2 Å². The second-order valence-corrected chi connectivity index (χ2v) is 7.78. The third-order valence-electron chi connectivity index (χ3n) is 5.15. The van der Waals surface area contributed by atoms with Crippen LogP contribution in [0.25, 0.3) is 0 Å². The molecule has 1 aliphatic carbocycles. The van der Waals surface area contributed by atoms with Gasteiger partial charge in [-0.2, -0.15) is 10.2 Å². The molecule has 0 radical (unpaired) electrons.